The van der Waals surface area contributed by atoms with Crippen LogP contribution in [0.1, 0.15) is 5.56 Å². The minimum atomic E-state index is -0.428. The number of β-amino-alcohol motifs (C(OH)–C–C–N with tert-alkyl or cyclic N) is 1. The Morgan fingerprint density at radius 2 is 1.71 bits per heavy atom. The molecule has 2 aliphatic heterocycles. The number of piperazine rings is 1. The van der Waals surface area contributed by atoms with Crippen molar-refractivity contribution in [2.24, 2.45) is 0 Å². The van der Waals surface area contributed by atoms with Gasteiger partial charge in [0.05, 0.1) is 24.9 Å². The highest BCUT2D eigenvalue weighted by molar-refractivity contribution is 5.68. The van der Waals surface area contributed by atoms with Gasteiger partial charge in [-0.25, -0.2) is 0 Å². The Hall–Kier alpha value is -2.01. The van der Waals surface area contributed by atoms with E-state index in [-0.39, 0.29) is 0 Å². The molecule has 3 heterocycles. The van der Waals surface area contributed by atoms with Gasteiger partial charge in [0.15, 0.2) is 0 Å². The van der Waals surface area contributed by atoms with Crippen molar-refractivity contribution in [3.63, 3.8) is 0 Å². The van der Waals surface area contributed by atoms with Crippen LogP contribution in [0.2, 0.25) is 0 Å². The average molecular weight is 487 g/mol. The summed E-state index contributed by atoms with van der Waals surface area (Å²) >= 11 is 0. The molecule has 1 N–H and O–H groups in total. The molecule has 0 radical (unpaired) electrons. The lowest BCUT2D eigenvalue weighted by atomic mass is 10.1. The zero-order valence-electron chi connectivity index (χ0n) is 21.6. The molecule has 35 heavy (non-hydrogen) atoms. The van der Waals surface area contributed by atoms with Crippen molar-refractivity contribution in [3.05, 3.63) is 35.9 Å². The lowest BCUT2D eigenvalue weighted by Gasteiger charge is -2.34. The van der Waals surface area contributed by atoms with Crippen molar-refractivity contribution in [2.75, 3.05) is 105 Å². The van der Waals surface area contributed by atoms with E-state index in [2.05, 4.69) is 62.9 Å². The highest BCUT2D eigenvalue weighted by atomic mass is 16.5. The molecular formula is C26H42N6O3. The van der Waals surface area contributed by atoms with Gasteiger partial charge in [-0.05, 0) is 21.1 Å². The van der Waals surface area contributed by atoms with Gasteiger partial charge < -0.3 is 29.1 Å². The van der Waals surface area contributed by atoms with Crippen molar-refractivity contribution in [2.45, 2.75) is 12.6 Å². The molecule has 0 spiro atoms. The summed E-state index contributed by atoms with van der Waals surface area (Å²) in [5, 5.41) is 15.6. The molecule has 2 fully saturated rings. The summed E-state index contributed by atoms with van der Waals surface area (Å²) in [5.74, 6) is 0.870. The Morgan fingerprint density at radius 1 is 1.00 bits per heavy atom. The second-order valence-electron chi connectivity index (χ2n) is 10.1. The maximum Gasteiger partial charge on any atom is 0.232 e. The maximum absolute atomic E-state index is 11.0. The molecule has 4 rings (SSSR count). The van der Waals surface area contributed by atoms with E-state index >= 15 is 0 Å². The van der Waals surface area contributed by atoms with Crippen LogP contribution in [0.5, 0.6) is 0 Å². The molecule has 0 bridgehead atoms. The first-order valence-corrected chi connectivity index (χ1v) is 12.8. The Morgan fingerprint density at radius 3 is 2.40 bits per heavy atom. The van der Waals surface area contributed by atoms with Crippen LogP contribution in [0.4, 0.5) is 5.88 Å². The van der Waals surface area contributed by atoms with Crippen LogP contribution < -0.4 is 4.90 Å². The van der Waals surface area contributed by atoms with E-state index in [1.54, 1.807) is 0 Å². The van der Waals surface area contributed by atoms with Gasteiger partial charge >= 0.3 is 0 Å². The highest BCUT2D eigenvalue weighted by Gasteiger charge is 2.27. The van der Waals surface area contributed by atoms with Crippen molar-refractivity contribution >= 4 is 5.88 Å². The number of benzene rings is 1. The molecule has 2 aromatic rings. The molecule has 2 aliphatic rings. The minimum absolute atomic E-state index is 0.428. The summed E-state index contributed by atoms with van der Waals surface area (Å²) in [4.78, 5) is 11.5. The van der Waals surface area contributed by atoms with Crippen LogP contribution in [0.3, 0.4) is 0 Å². The van der Waals surface area contributed by atoms with Gasteiger partial charge in [0, 0.05) is 77.6 Å². The van der Waals surface area contributed by atoms with Crippen molar-refractivity contribution < 1.29 is 14.4 Å². The zero-order chi connectivity index (χ0) is 24.6. The number of morpholine rings is 1. The summed E-state index contributed by atoms with van der Waals surface area (Å²) in [6, 6.07) is 10.3. The molecule has 0 aliphatic carbocycles. The van der Waals surface area contributed by atoms with Gasteiger partial charge in [0.1, 0.15) is 5.69 Å². The predicted octanol–water partition coefficient (Wildman–Crippen LogP) is 1.15. The Kier molecular flexibility index (Phi) is 9.53. The summed E-state index contributed by atoms with van der Waals surface area (Å²) in [6.07, 6.45) is -0.428. The number of ether oxygens (including phenoxy) is 1. The number of aromatic nitrogens is 1. The van der Waals surface area contributed by atoms with Gasteiger partial charge in [-0.2, -0.15) is 0 Å². The van der Waals surface area contributed by atoms with E-state index in [4.69, 9.17) is 9.26 Å². The number of aliphatic hydroxyl groups excluding tert-OH is 1. The number of hydrogen-bond donors (Lipinski definition) is 1. The summed E-state index contributed by atoms with van der Waals surface area (Å²) < 4.78 is 11.5. The number of rotatable bonds is 11. The monoisotopic (exact) mass is 486 g/mol. The largest absolute Gasteiger partial charge is 0.390 e. The fraction of sp³-hybridized carbons (Fsp3) is 0.654. The Balaban J connectivity index is 1.55. The second-order valence-corrected chi connectivity index (χ2v) is 10.1. The second kappa shape index (κ2) is 12.8. The predicted molar refractivity (Wildman–Crippen MR) is 139 cm³/mol. The molecule has 9 heteroatoms. The third-order valence-corrected chi connectivity index (χ3v) is 6.89. The van der Waals surface area contributed by atoms with Crippen LogP contribution in [-0.2, 0) is 11.3 Å². The van der Waals surface area contributed by atoms with Crippen molar-refractivity contribution in [1.29, 1.82) is 0 Å². The fourth-order valence-electron chi connectivity index (χ4n) is 4.76. The van der Waals surface area contributed by atoms with E-state index in [0.29, 0.717) is 19.6 Å². The number of likely N-dealkylation sites (N-methyl/N-ethyl adjacent to an activating group) is 2. The number of aliphatic hydroxyl groups is 1. The summed E-state index contributed by atoms with van der Waals surface area (Å²) in [7, 11) is 6.34. The smallest absolute Gasteiger partial charge is 0.232 e. The van der Waals surface area contributed by atoms with E-state index in [0.717, 1.165) is 88.3 Å². The van der Waals surface area contributed by atoms with E-state index in [1.807, 2.05) is 18.2 Å². The fourth-order valence-corrected chi connectivity index (χ4v) is 4.76. The Bertz CT molecular complexity index is 878. The first-order valence-electron chi connectivity index (χ1n) is 12.8. The molecule has 2 saturated heterocycles. The van der Waals surface area contributed by atoms with Gasteiger partial charge in [-0.1, -0.05) is 35.5 Å². The van der Waals surface area contributed by atoms with E-state index in [1.165, 1.54) is 0 Å². The topological polar surface area (TPSA) is 71.7 Å². The summed E-state index contributed by atoms with van der Waals surface area (Å²) in [6.45, 7) is 10.8. The normalized spacial score (nSPS) is 19.1. The van der Waals surface area contributed by atoms with Crippen molar-refractivity contribution in [1.82, 2.24) is 24.8 Å². The highest BCUT2D eigenvalue weighted by Crippen LogP contribution is 2.33. The van der Waals surface area contributed by atoms with E-state index < -0.39 is 6.10 Å². The van der Waals surface area contributed by atoms with Gasteiger partial charge in [0.25, 0.3) is 0 Å². The molecule has 0 saturated carbocycles. The molecule has 0 amide bonds. The van der Waals surface area contributed by atoms with Gasteiger partial charge in [-0.15, -0.1) is 0 Å². The first kappa shape index (κ1) is 26.1. The summed E-state index contributed by atoms with van der Waals surface area (Å²) in [5.41, 5.74) is 3.07. The molecular weight excluding hydrogens is 444 g/mol. The lowest BCUT2D eigenvalue weighted by Crippen LogP contribution is -2.46. The van der Waals surface area contributed by atoms with E-state index in [9.17, 15) is 5.11 Å². The molecule has 0 unspecified atom stereocenters. The third kappa shape index (κ3) is 7.49. The van der Waals surface area contributed by atoms with Crippen molar-refractivity contribution in [3.8, 4) is 11.3 Å². The quantitative estimate of drug-likeness (QED) is 0.504. The zero-order valence-corrected chi connectivity index (χ0v) is 21.6. The molecule has 1 aromatic carbocycles. The average Bonchev–Trinajstić information content (AvgIpc) is 3.27. The maximum atomic E-state index is 11.0. The number of hydrogen-bond acceptors (Lipinski definition) is 9. The number of nitrogens with zero attached hydrogens (tertiary/aromatic N) is 6. The minimum Gasteiger partial charge on any atom is -0.390 e. The molecule has 194 valence electrons. The standard InChI is InChI=1S/C26H42N6O3/c1-28(2)9-12-31(20-23(33)19-30-15-17-34-18-16-30)21-24-25(22-7-5-4-6-8-22)27-35-26(24)32-13-10-29(3)11-14-32/h4-8,23,33H,9-21H2,1-3H3/t23-/m0/s1. The first-order chi connectivity index (χ1) is 17.0. The molecule has 9 nitrogen and oxygen atoms in total. The number of anilines is 1. The Labute approximate surface area is 209 Å². The van der Waals surface area contributed by atoms with Crippen LogP contribution >= 0.6 is 0 Å². The van der Waals surface area contributed by atoms with Crippen LogP contribution in [0.15, 0.2) is 34.9 Å². The SMILES string of the molecule is CN(C)CCN(Cc1c(-c2ccccc2)noc1N1CCN(C)CC1)C[C@@H](O)CN1CCOCC1. The van der Waals surface area contributed by atoms with Gasteiger partial charge in [-0.3, -0.25) is 9.80 Å². The third-order valence-electron chi connectivity index (χ3n) is 6.89. The van der Waals surface area contributed by atoms with Crippen LogP contribution in [0.25, 0.3) is 11.3 Å². The van der Waals surface area contributed by atoms with Gasteiger partial charge in [0.2, 0.25) is 5.88 Å². The van der Waals surface area contributed by atoms with Crippen LogP contribution in [0, 0.1) is 0 Å². The molecule has 1 atom stereocenters. The van der Waals surface area contributed by atoms with Crippen LogP contribution in [-0.4, -0.2) is 136 Å². The molecule has 1 aromatic heterocycles. The lowest BCUT2D eigenvalue weighted by molar-refractivity contribution is 0.00588.